The van der Waals surface area contributed by atoms with E-state index in [1.165, 1.54) is 0 Å². The number of aromatic nitrogens is 7. The number of carboxylic acid groups (broad SMARTS) is 1. The smallest absolute Gasteiger partial charge is 0.328 e. The fourth-order valence-electron chi connectivity index (χ4n) is 6.14. The summed E-state index contributed by atoms with van der Waals surface area (Å²) in [5.74, 6) is -0.380. The van der Waals surface area contributed by atoms with Crippen LogP contribution in [0.2, 0.25) is 0 Å². The van der Waals surface area contributed by atoms with Crippen LogP contribution in [0.4, 0.5) is 0 Å². The Balaban J connectivity index is 1.48. The van der Waals surface area contributed by atoms with Crippen molar-refractivity contribution < 1.29 is 9.90 Å². The molecule has 0 aliphatic heterocycles. The first-order valence-electron chi connectivity index (χ1n) is 14.2. The summed E-state index contributed by atoms with van der Waals surface area (Å²) in [6, 6.07) is 11.4. The molecule has 10 nitrogen and oxygen atoms in total. The van der Waals surface area contributed by atoms with Crippen molar-refractivity contribution in [3.8, 4) is 22.6 Å². The maximum atomic E-state index is 13.9. The predicted octanol–water partition coefficient (Wildman–Crippen LogP) is 4.98. The number of imidazole rings is 1. The van der Waals surface area contributed by atoms with Crippen LogP contribution >= 0.6 is 0 Å². The van der Waals surface area contributed by atoms with Gasteiger partial charge in [0.1, 0.15) is 0 Å². The van der Waals surface area contributed by atoms with Crippen molar-refractivity contribution in [3.63, 3.8) is 0 Å². The molecule has 0 saturated heterocycles. The number of rotatable bonds is 10. The van der Waals surface area contributed by atoms with Gasteiger partial charge in [0, 0.05) is 29.2 Å². The molecule has 1 fully saturated rings. The van der Waals surface area contributed by atoms with Crippen molar-refractivity contribution in [1.82, 2.24) is 34.7 Å². The average Bonchev–Trinajstić information content (AvgIpc) is 3.61. The van der Waals surface area contributed by atoms with Crippen LogP contribution in [-0.4, -0.2) is 45.8 Å². The number of carbonyl (C=O) groups is 1. The summed E-state index contributed by atoms with van der Waals surface area (Å²) in [7, 11) is 0. The van der Waals surface area contributed by atoms with Gasteiger partial charge >= 0.3 is 11.7 Å². The highest BCUT2D eigenvalue weighted by Crippen LogP contribution is 2.42. The van der Waals surface area contributed by atoms with Gasteiger partial charge in [-0.1, -0.05) is 63.9 Å². The van der Waals surface area contributed by atoms with E-state index in [9.17, 15) is 14.7 Å². The summed E-state index contributed by atoms with van der Waals surface area (Å²) in [6.45, 7) is 6.77. The minimum atomic E-state index is -0.814. The molecule has 1 aliphatic carbocycles. The van der Waals surface area contributed by atoms with Gasteiger partial charge in [0.2, 0.25) is 0 Å². The third-order valence-corrected chi connectivity index (χ3v) is 8.24. The minimum absolute atomic E-state index is 0.137. The molecule has 1 aliphatic rings. The van der Waals surface area contributed by atoms with Gasteiger partial charge in [-0.15, -0.1) is 5.10 Å². The SMILES string of the molecule is CCCCc1cn(C2C(C(=O)O)CCCC2C(C)C)c(=O)n1Cc1ccc(-c2ccccc2-c2nnn[nH]2)nc1. The lowest BCUT2D eigenvalue weighted by molar-refractivity contribution is -0.146. The molecule has 0 radical (unpaired) electrons. The van der Waals surface area contributed by atoms with E-state index in [-0.39, 0.29) is 23.6 Å². The van der Waals surface area contributed by atoms with Crippen LogP contribution in [0.5, 0.6) is 0 Å². The molecule has 3 atom stereocenters. The number of pyridine rings is 1. The van der Waals surface area contributed by atoms with Crippen molar-refractivity contribution >= 4 is 5.97 Å². The Kier molecular flexibility index (Phi) is 8.23. The van der Waals surface area contributed by atoms with Gasteiger partial charge in [0.25, 0.3) is 0 Å². The number of H-pyrrole nitrogens is 1. The van der Waals surface area contributed by atoms with Gasteiger partial charge in [0.05, 0.1) is 24.2 Å². The second kappa shape index (κ2) is 12.0. The zero-order valence-electron chi connectivity index (χ0n) is 23.3. The maximum absolute atomic E-state index is 13.9. The number of nitrogens with one attached hydrogen (secondary N) is 1. The number of nitrogens with zero attached hydrogens (tertiary/aromatic N) is 6. The van der Waals surface area contributed by atoms with Crippen LogP contribution in [0.25, 0.3) is 22.6 Å². The molecule has 1 saturated carbocycles. The summed E-state index contributed by atoms with van der Waals surface area (Å²) in [6.07, 6.45) is 8.87. The van der Waals surface area contributed by atoms with Gasteiger partial charge in [0.15, 0.2) is 5.82 Å². The van der Waals surface area contributed by atoms with Gasteiger partial charge < -0.3 is 5.11 Å². The first kappa shape index (κ1) is 27.5. The monoisotopic (exact) mass is 543 g/mol. The number of tetrazole rings is 1. The van der Waals surface area contributed by atoms with Crippen LogP contribution in [0.1, 0.15) is 70.2 Å². The summed E-state index contributed by atoms with van der Waals surface area (Å²) in [4.78, 5) is 30.9. The number of hydrogen-bond donors (Lipinski definition) is 2. The number of aromatic amines is 1. The van der Waals surface area contributed by atoms with E-state index in [0.29, 0.717) is 18.8 Å². The highest BCUT2D eigenvalue weighted by Gasteiger charge is 2.41. The molecule has 4 aromatic rings. The topological polar surface area (TPSA) is 132 Å². The Morgan fingerprint density at radius 2 is 1.95 bits per heavy atom. The molecule has 3 aromatic heterocycles. The fourth-order valence-corrected chi connectivity index (χ4v) is 6.14. The standard InChI is InChI=1S/C30H37N7O3/c1-4-5-9-21-18-37(27-22(19(2)3)12-8-13-25(27)29(38)39)30(40)36(21)17-20-14-15-26(31-16-20)23-10-6-7-11-24(23)28-32-34-35-33-28/h6-7,10-11,14-16,18-19,22,25,27H,4-5,8-9,12-13,17H2,1-3H3,(H,38,39)(H,32,33,34,35). The van der Waals surface area contributed by atoms with Gasteiger partial charge in [-0.2, -0.15) is 0 Å². The first-order chi connectivity index (χ1) is 19.4. The van der Waals surface area contributed by atoms with E-state index in [4.69, 9.17) is 4.98 Å². The van der Waals surface area contributed by atoms with Gasteiger partial charge in [-0.3, -0.25) is 18.9 Å². The molecule has 40 heavy (non-hydrogen) atoms. The molecule has 0 bridgehead atoms. The third kappa shape index (κ3) is 5.48. The highest BCUT2D eigenvalue weighted by molar-refractivity contribution is 5.78. The number of aliphatic carboxylic acids is 1. The summed E-state index contributed by atoms with van der Waals surface area (Å²) in [5.41, 5.74) is 4.23. The van der Waals surface area contributed by atoms with Crippen molar-refractivity contribution in [2.75, 3.05) is 0 Å². The van der Waals surface area contributed by atoms with E-state index in [1.807, 2.05) is 47.2 Å². The van der Waals surface area contributed by atoms with Gasteiger partial charge in [-0.05, 0) is 59.6 Å². The fraction of sp³-hybridized carbons (Fsp3) is 0.467. The zero-order chi connectivity index (χ0) is 28.2. The summed E-state index contributed by atoms with van der Waals surface area (Å²) >= 11 is 0. The molecule has 3 unspecified atom stereocenters. The normalized spacial score (nSPS) is 19.2. The van der Waals surface area contributed by atoms with E-state index >= 15 is 0 Å². The molecule has 5 rings (SSSR count). The second-order valence-corrected chi connectivity index (χ2v) is 11.1. The lowest BCUT2D eigenvalue weighted by atomic mass is 9.72. The third-order valence-electron chi connectivity index (χ3n) is 8.24. The molecule has 1 aromatic carbocycles. The Labute approximate surface area is 233 Å². The average molecular weight is 544 g/mol. The van der Waals surface area contributed by atoms with Crippen molar-refractivity contribution in [2.45, 2.75) is 71.9 Å². The second-order valence-electron chi connectivity index (χ2n) is 11.1. The van der Waals surface area contributed by atoms with E-state index < -0.39 is 11.9 Å². The lowest BCUT2D eigenvalue weighted by Gasteiger charge is -2.38. The molecular formula is C30H37N7O3. The van der Waals surface area contributed by atoms with E-state index in [2.05, 4.69) is 41.4 Å². The lowest BCUT2D eigenvalue weighted by Crippen LogP contribution is -2.42. The zero-order valence-corrected chi connectivity index (χ0v) is 23.3. The summed E-state index contributed by atoms with van der Waals surface area (Å²) in [5, 5.41) is 24.3. The van der Waals surface area contributed by atoms with Crippen LogP contribution in [0, 0.1) is 17.8 Å². The largest absolute Gasteiger partial charge is 0.481 e. The molecular weight excluding hydrogens is 506 g/mol. The maximum Gasteiger partial charge on any atom is 0.328 e. The van der Waals surface area contributed by atoms with Crippen molar-refractivity contribution in [2.24, 2.45) is 17.8 Å². The quantitative estimate of drug-likeness (QED) is 0.288. The molecule has 10 heteroatoms. The van der Waals surface area contributed by atoms with E-state index in [1.54, 1.807) is 10.8 Å². The molecule has 3 heterocycles. The van der Waals surface area contributed by atoms with Crippen LogP contribution in [-0.2, 0) is 17.8 Å². The van der Waals surface area contributed by atoms with Crippen LogP contribution in [0.15, 0.2) is 53.6 Å². The number of hydrogen-bond acceptors (Lipinski definition) is 6. The first-order valence-corrected chi connectivity index (χ1v) is 14.2. The van der Waals surface area contributed by atoms with Gasteiger partial charge in [-0.25, -0.2) is 9.89 Å². The Morgan fingerprint density at radius 1 is 1.15 bits per heavy atom. The minimum Gasteiger partial charge on any atom is -0.481 e. The number of carboxylic acids is 1. The predicted molar refractivity (Wildman–Crippen MR) is 152 cm³/mol. The Morgan fingerprint density at radius 3 is 2.60 bits per heavy atom. The van der Waals surface area contributed by atoms with Crippen LogP contribution < -0.4 is 5.69 Å². The highest BCUT2D eigenvalue weighted by atomic mass is 16.4. The van der Waals surface area contributed by atoms with Crippen LogP contribution in [0.3, 0.4) is 0 Å². The van der Waals surface area contributed by atoms with Crippen molar-refractivity contribution in [1.29, 1.82) is 0 Å². The summed E-state index contributed by atoms with van der Waals surface area (Å²) < 4.78 is 3.56. The Bertz CT molecular complexity index is 1490. The Hall–Kier alpha value is -4.08. The number of aryl methyl sites for hydroxylation is 1. The van der Waals surface area contributed by atoms with E-state index in [0.717, 1.165) is 60.2 Å². The molecule has 0 amide bonds. The molecule has 210 valence electrons. The molecule has 0 spiro atoms. The number of benzene rings is 1. The molecule has 2 N–H and O–H groups in total. The number of unbranched alkanes of at least 4 members (excludes halogenated alkanes) is 1. The van der Waals surface area contributed by atoms with Crippen molar-refractivity contribution in [3.05, 3.63) is 70.5 Å².